The fraction of sp³-hybridized carbons (Fsp3) is 0.348. The summed E-state index contributed by atoms with van der Waals surface area (Å²) in [5.74, 6) is 0.554. The minimum atomic E-state index is 0. The van der Waals surface area contributed by atoms with E-state index in [2.05, 4.69) is 55.0 Å². The van der Waals surface area contributed by atoms with Gasteiger partial charge in [-0.2, -0.15) is 0 Å². The summed E-state index contributed by atoms with van der Waals surface area (Å²) in [6.07, 6.45) is 1.88. The second-order valence-electron chi connectivity index (χ2n) is 7.33. The minimum absolute atomic E-state index is 0. The van der Waals surface area contributed by atoms with Gasteiger partial charge in [-0.25, -0.2) is 4.98 Å². The van der Waals surface area contributed by atoms with Crippen molar-refractivity contribution in [2.24, 2.45) is 0 Å². The Hall–Kier alpha value is 1.40. The molecule has 2 aromatic carbocycles. The Morgan fingerprint density at radius 1 is 0.818 bits per heavy atom. The molecule has 3 aromatic rings. The van der Waals surface area contributed by atoms with E-state index in [0.717, 1.165) is 58.3 Å². The van der Waals surface area contributed by atoms with Crippen LogP contribution in [0.25, 0.3) is 11.5 Å². The van der Waals surface area contributed by atoms with E-state index in [-0.39, 0.29) is 88.1 Å². The summed E-state index contributed by atoms with van der Waals surface area (Å²) in [5.41, 5.74) is 18.9. The maximum absolute atomic E-state index is 7.35. The standard InChI is InChI=1S/C15H18BrN4S.C8H9ClN.2Ac/c16-14-10-18-15(21-14)20-7-5-19(6-8-20)11-13-3-1-12(9-17)2-4-13;9-5-7-1-3-8(6-10)4-2-7;;/h1-4,10,17H,5-9,11H2;1-4,10H,5-6H2;;/q2*-1;;. The van der Waals surface area contributed by atoms with E-state index < -0.39 is 0 Å². The molecule has 0 saturated carbocycles. The number of alkyl halides is 1. The van der Waals surface area contributed by atoms with Gasteiger partial charge >= 0.3 is 0 Å². The molecule has 1 saturated heterocycles. The van der Waals surface area contributed by atoms with Gasteiger partial charge in [0.2, 0.25) is 0 Å². The molecule has 10 heteroatoms. The number of aromatic nitrogens is 1. The van der Waals surface area contributed by atoms with E-state index in [1.807, 2.05) is 30.5 Å². The van der Waals surface area contributed by atoms with Crippen LogP contribution in [0.4, 0.5) is 5.13 Å². The topological polar surface area (TPSA) is 67.0 Å². The van der Waals surface area contributed by atoms with Gasteiger partial charge in [-0.15, -0.1) is 24.7 Å². The molecule has 5 nitrogen and oxygen atoms in total. The maximum Gasteiger partial charge on any atom is 0.186 e. The van der Waals surface area contributed by atoms with Gasteiger partial charge in [0, 0.05) is 127 Å². The molecular weight excluding hydrogens is 948 g/mol. The van der Waals surface area contributed by atoms with Gasteiger partial charge in [0.15, 0.2) is 5.13 Å². The van der Waals surface area contributed by atoms with Crippen molar-refractivity contribution in [3.8, 4) is 0 Å². The predicted octanol–water partition coefficient (Wildman–Crippen LogP) is 6.76. The predicted molar refractivity (Wildman–Crippen MR) is 136 cm³/mol. The van der Waals surface area contributed by atoms with Crippen LogP contribution in [0, 0.1) is 88.1 Å². The van der Waals surface area contributed by atoms with Crippen molar-refractivity contribution in [3.05, 3.63) is 92.2 Å². The van der Waals surface area contributed by atoms with Crippen molar-refractivity contribution in [3.63, 3.8) is 0 Å². The number of hydrogen-bond acceptors (Lipinski definition) is 4. The molecule has 33 heavy (non-hydrogen) atoms. The summed E-state index contributed by atoms with van der Waals surface area (Å²) in [5, 5.41) is 1.11. The number of nitrogens with zero attached hydrogens (tertiary/aromatic N) is 3. The van der Waals surface area contributed by atoms with Crippen LogP contribution in [-0.2, 0) is 25.5 Å². The van der Waals surface area contributed by atoms with Crippen molar-refractivity contribution in [2.75, 3.05) is 31.1 Å². The fourth-order valence-corrected chi connectivity index (χ4v) is 4.67. The van der Waals surface area contributed by atoms with Crippen LogP contribution in [0.3, 0.4) is 0 Å². The molecular formula is C23H27Ac2BrClN5S-2. The Bertz CT molecular complexity index is 896. The van der Waals surface area contributed by atoms with Crippen LogP contribution in [0.15, 0.2) is 58.5 Å². The maximum atomic E-state index is 7.35. The first-order chi connectivity index (χ1) is 15.1. The largest absolute Gasteiger partial charge is 0.674 e. The van der Waals surface area contributed by atoms with E-state index in [0.29, 0.717) is 19.0 Å². The molecule has 2 radical (unpaired) electrons. The summed E-state index contributed by atoms with van der Waals surface area (Å²) < 4.78 is 1.09. The number of nitrogens with one attached hydrogen (secondary N) is 2. The first kappa shape index (κ1) is 32.4. The van der Waals surface area contributed by atoms with Crippen LogP contribution < -0.4 is 4.90 Å². The molecule has 1 fully saturated rings. The molecule has 2 heterocycles. The van der Waals surface area contributed by atoms with Crippen LogP contribution in [-0.4, -0.2) is 36.1 Å². The van der Waals surface area contributed by atoms with Crippen LogP contribution in [0.5, 0.6) is 0 Å². The number of halogens is 2. The quantitative estimate of drug-likeness (QED) is 0.257. The normalized spacial score (nSPS) is 13.4. The zero-order chi connectivity index (χ0) is 22.1. The van der Waals surface area contributed by atoms with E-state index in [1.165, 1.54) is 5.56 Å². The average Bonchev–Trinajstić information content (AvgIpc) is 3.27. The van der Waals surface area contributed by atoms with Crippen molar-refractivity contribution in [1.29, 1.82) is 0 Å². The Labute approximate surface area is 286 Å². The number of thiazole rings is 1. The van der Waals surface area contributed by atoms with Gasteiger partial charge in [0.1, 0.15) is 0 Å². The molecule has 4 rings (SSSR count). The third-order valence-corrected chi connectivity index (χ3v) is 6.97. The molecule has 0 atom stereocenters. The second kappa shape index (κ2) is 17.8. The molecule has 0 bridgehead atoms. The Kier molecular flexibility index (Phi) is 17.5. The SMILES string of the molecule is [Ac].[Ac].[NH-]Cc1ccc(CCl)cc1.[NH-]Cc1ccc(CN2CCN(c3ncc(Br)s3)CC2)cc1. The van der Waals surface area contributed by atoms with E-state index >= 15 is 0 Å². The van der Waals surface area contributed by atoms with Crippen LogP contribution >= 0.6 is 38.9 Å². The second-order valence-corrected chi connectivity index (χ2v) is 9.99. The van der Waals surface area contributed by atoms with Crippen LogP contribution in [0.2, 0.25) is 0 Å². The molecule has 0 aliphatic carbocycles. The Morgan fingerprint density at radius 2 is 1.30 bits per heavy atom. The Morgan fingerprint density at radius 3 is 1.73 bits per heavy atom. The molecule has 0 spiro atoms. The van der Waals surface area contributed by atoms with Gasteiger partial charge in [-0.05, 0) is 27.1 Å². The molecule has 172 valence electrons. The molecule has 1 aliphatic heterocycles. The number of anilines is 1. The monoisotopic (exact) mass is 973 g/mol. The zero-order valence-electron chi connectivity index (χ0n) is 18.5. The summed E-state index contributed by atoms with van der Waals surface area (Å²) in [7, 11) is 0. The van der Waals surface area contributed by atoms with Gasteiger partial charge in [-0.1, -0.05) is 71.0 Å². The van der Waals surface area contributed by atoms with Crippen LogP contribution in [0.1, 0.15) is 22.3 Å². The summed E-state index contributed by atoms with van der Waals surface area (Å²) in [6.45, 7) is 5.91. The average molecular weight is 975 g/mol. The molecule has 1 aromatic heterocycles. The molecule has 2 N–H and O–H groups in total. The third kappa shape index (κ3) is 11.1. The number of rotatable bonds is 6. The summed E-state index contributed by atoms with van der Waals surface area (Å²) in [4.78, 5) is 9.27. The van der Waals surface area contributed by atoms with Crippen molar-refractivity contribution < 1.29 is 88.1 Å². The first-order valence-corrected chi connectivity index (χ1v) is 12.3. The van der Waals surface area contributed by atoms with Crippen molar-refractivity contribution in [2.45, 2.75) is 25.5 Å². The molecule has 0 amide bonds. The van der Waals surface area contributed by atoms with Crippen molar-refractivity contribution in [1.82, 2.24) is 9.88 Å². The molecule has 0 unspecified atom stereocenters. The summed E-state index contributed by atoms with van der Waals surface area (Å²) in [6, 6.07) is 16.2. The van der Waals surface area contributed by atoms with E-state index in [1.54, 1.807) is 11.3 Å². The van der Waals surface area contributed by atoms with Gasteiger partial charge in [0.25, 0.3) is 0 Å². The minimum Gasteiger partial charge on any atom is -0.674 e. The number of piperazine rings is 1. The fourth-order valence-electron chi connectivity index (χ4n) is 3.26. The van der Waals surface area contributed by atoms with Gasteiger partial charge in [0.05, 0.1) is 9.98 Å². The smallest absolute Gasteiger partial charge is 0.186 e. The zero-order valence-corrected chi connectivity index (χ0v) is 31.2. The molecule has 1 aliphatic rings. The first-order valence-electron chi connectivity index (χ1n) is 10.2. The summed E-state index contributed by atoms with van der Waals surface area (Å²) >= 11 is 10.7. The number of benzene rings is 2. The Balaban J connectivity index is 0.000000388. The third-order valence-electron chi connectivity index (χ3n) is 5.12. The van der Waals surface area contributed by atoms with Gasteiger partial charge < -0.3 is 16.4 Å². The number of hydrogen-bond donors (Lipinski definition) is 0. The van der Waals surface area contributed by atoms with E-state index in [4.69, 9.17) is 23.1 Å². The van der Waals surface area contributed by atoms with E-state index in [9.17, 15) is 0 Å². The van der Waals surface area contributed by atoms with Gasteiger partial charge in [-0.3, -0.25) is 4.90 Å². The van der Waals surface area contributed by atoms with Crippen molar-refractivity contribution >= 4 is 44.0 Å².